The fourth-order valence-electron chi connectivity index (χ4n) is 7.11. The van der Waals surface area contributed by atoms with Gasteiger partial charge in [0, 0.05) is 12.8 Å². The normalized spacial score (nSPS) is 13.8. The van der Waals surface area contributed by atoms with Gasteiger partial charge in [0.2, 0.25) is 0 Å². The number of carbonyl (C=O) groups is 2. The van der Waals surface area contributed by atoms with E-state index in [4.69, 9.17) is 23.6 Å². The molecule has 0 aliphatic carbocycles. The van der Waals surface area contributed by atoms with Gasteiger partial charge in [-0.25, -0.2) is 4.57 Å². The number of ether oxygens (including phenoxy) is 2. The summed E-state index contributed by atoms with van der Waals surface area (Å²) in [6.07, 6.45) is 44.6. The second kappa shape index (κ2) is 44.8. The minimum Gasteiger partial charge on any atom is -0.462 e. The minimum atomic E-state index is -4.62. The van der Waals surface area contributed by atoms with Crippen molar-refractivity contribution in [1.82, 2.24) is 0 Å². The Morgan fingerprint density at radius 2 is 0.831 bits per heavy atom. The third-order valence-corrected chi connectivity index (χ3v) is 11.9. The van der Waals surface area contributed by atoms with Gasteiger partial charge in [-0.3, -0.25) is 18.6 Å². The maximum atomic E-state index is 12.7. The molecule has 3 atom stereocenters. The average molecular weight is 861 g/mol. The molecule has 0 fully saturated rings. The van der Waals surface area contributed by atoms with E-state index in [2.05, 4.69) is 26.0 Å². The van der Waals surface area contributed by atoms with Crippen LogP contribution in [0.2, 0.25) is 0 Å². The molecule has 1 unspecified atom stereocenters. The van der Waals surface area contributed by atoms with Crippen LogP contribution in [0, 0.1) is 0 Å². The molecule has 0 heterocycles. The van der Waals surface area contributed by atoms with Gasteiger partial charge in [0.1, 0.15) is 12.7 Å². The molecule has 0 aromatic carbocycles. The van der Waals surface area contributed by atoms with Crippen molar-refractivity contribution in [2.45, 2.75) is 257 Å². The zero-order valence-corrected chi connectivity index (χ0v) is 39.1. The number of hydrogen-bond donors (Lipinski definition) is 3. The van der Waals surface area contributed by atoms with Gasteiger partial charge in [0.15, 0.2) is 6.10 Å². The molecule has 0 aromatic heterocycles. The Bertz CT molecular complexity index is 993. The van der Waals surface area contributed by atoms with Crippen molar-refractivity contribution >= 4 is 19.8 Å². The summed E-state index contributed by atoms with van der Waals surface area (Å²) in [5.41, 5.74) is 0. The standard InChI is InChI=1S/C48H93O10P/c1-3-5-7-9-11-13-15-17-19-21-22-24-26-28-30-32-34-36-38-40-48(52)58-46(44-57-59(53,54)56-42-45(50)41-49)43-55-47(51)39-37-35-33-31-29-27-25-23-20-18-16-14-12-10-8-6-4-2/h14,16,45-46,49-50H,3-13,15,17-44H2,1-2H3,(H,53,54)/b16-14+/t45-,46+/m0/s1. The number of allylic oxidation sites excluding steroid dienone is 2. The summed E-state index contributed by atoms with van der Waals surface area (Å²) in [5.74, 6) is -0.912. The van der Waals surface area contributed by atoms with Crippen molar-refractivity contribution in [2.75, 3.05) is 26.4 Å². The van der Waals surface area contributed by atoms with Gasteiger partial charge in [0.25, 0.3) is 0 Å². The fraction of sp³-hybridized carbons (Fsp3) is 0.917. The molecule has 0 bridgehead atoms. The monoisotopic (exact) mass is 861 g/mol. The van der Waals surface area contributed by atoms with Gasteiger partial charge in [-0.05, 0) is 38.5 Å². The molecular formula is C48H93O10P. The average Bonchev–Trinajstić information content (AvgIpc) is 3.22. The summed E-state index contributed by atoms with van der Waals surface area (Å²) in [4.78, 5) is 35.1. The number of carbonyl (C=O) groups excluding carboxylic acids is 2. The summed E-state index contributed by atoms with van der Waals surface area (Å²) in [6, 6.07) is 0. The van der Waals surface area contributed by atoms with E-state index in [-0.39, 0.29) is 19.4 Å². The highest BCUT2D eigenvalue weighted by molar-refractivity contribution is 7.47. The highest BCUT2D eigenvalue weighted by atomic mass is 31.2. The Balaban J connectivity index is 4.17. The third kappa shape index (κ3) is 44.6. The maximum Gasteiger partial charge on any atom is 0.472 e. The molecule has 0 spiro atoms. The van der Waals surface area contributed by atoms with Gasteiger partial charge < -0.3 is 24.6 Å². The molecule has 11 heteroatoms. The second-order valence-electron chi connectivity index (χ2n) is 16.8. The molecule has 0 saturated carbocycles. The van der Waals surface area contributed by atoms with Crippen LogP contribution in [0.5, 0.6) is 0 Å². The fourth-order valence-corrected chi connectivity index (χ4v) is 7.90. The minimum absolute atomic E-state index is 0.190. The molecule has 0 amide bonds. The first-order chi connectivity index (χ1) is 28.7. The largest absolute Gasteiger partial charge is 0.472 e. The molecule has 0 radical (unpaired) electrons. The van der Waals surface area contributed by atoms with Crippen molar-refractivity contribution in [1.29, 1.82) is 0 Å². The Labute approximate surface area is 362 Å². The van der Waals surface area contributed by atoms with Gasteiger partial charge >= 0.3 is 19.8 Å². The van der Waals surface area contributed by atoms with E-state index < -0.39 is 51.8 Å². The molecule has 0 aliphatic rings. The molecule has 10 nitrogen and oxygen atoms in total. The van der Waals surface area contributed by atoms with E-state index in [1.54, 1.807) is 0 Å². The summed E-state index contributed by atoms with van der Waals surface area (Å²) in [5, 5.41) is 18.4. The first-order valence-corrected chi connectivity index (χ1v) is 26.1. The molecule has 0 rings (SSSR count). The zero-order valence-electron chi connectivity index (χ0n) is 38.2. The highest BCUT2D eigenvalue weighted by Crippen LogP contribution is 2.43. The molecule has 350 valence electrons. The lowest BCUT2D eigenvalue weighted by Gasteiger charge is -2.20. The number of unbranched alkanes of at least 4 members (excludes halogenated alkanes) is 31. The number of aliphatic hydroxyl groups excluding tert-OH is 2. The van der Waals surface area contributed by atoms with Crippen molar-refractivity contribution in [2.24, 2.45) is 0 Å². The van der Waals surface area contributed by atoms with Crippen LogP contribution in [0.3, 0.4) is 0 Å². The Morgan fingerprint density at radius 3 is 1.24 bits per heavy atom. The van der Waals surface area contributed by atoms with Gasteiger partial charge in [-0.2, -0.15) is 0 Å². The number of phosphoric acid groups is 1. The van der Waals surface area contributed by atoms with Crippen LogP contribution in [0.1, 0.15) is 245 Å². The van der Waals surface area contributed by atoms with Crippen LogP contribution in [0.25, 0.3) is 0 Å². The lowest BCUT2D eigenvalue weighted by molar-refractivity contribution is -0.161. The first kappa shape index (κ1) is 57.7. The third-order valence-electron chi connectivity index (χ3n) is 10.9. The Kier molecular flexibility index (Phi) is 43.8. The van der Waals surface area contributed by atoms with Crippen molar-refractivity contribution in [3.8, 4) is 0 Å². The van der Waals surface area contributed by atoms with Crippen LogP contribution in [-0.2, 0) is 32.7 Å². The quantitative estimate of drug-likeness (QED) is 0.0234. The van der Waals surface area contributed by atoms with Crippen LogP contribution in [0.15, 0.2) is 12.2 Å². The number of esters is 2. The van der Waals surface area contributed by atoms with E-state index >= 15 is 0 Å². The van der Waals surface area contributed by atoms with Crippen LogP contribution >= 0.6 is 7.82 Å². The maximum absolute atomic E-state index is 12.7. The molecule has 0 saturated heterocycles. The predicted molar refractivity (Wildman–Crippen MR) is 242 cm³/mol. The van der Waals surface area contributed by atoms with E-state index in [1.807, 2.05) is 0 Å². The molecule has 59 heavy (non-hydrogen) atoms. The van der Waals surface area contributed by atoms with E-state index in [9.17, 15) is 24.2 Å². The summed E-state index contributed by atoms with van der Waals surface area (Å²) < 4.78 is 32.8. The van der Waals surface area contributed by atoms with Crippen LogP contribution in [0.4, 0.5) is 0 Å². The van der Waals surface area contributed by atoms with Gasteiger partial charge in [0.05, 0.1) is 19.8 Å². The van der Waals surface area contributed by atoms with E-state index in [1.165, 1.54) is 167 Å². The van der Waals surface area contributed by atoms with E-state index in [0.717, 1.165) is 38.5 Å². The molecule has 0 aromatic rings. The highest BCUT2D eigenvalue weighted by Gasteiger charge is 2.27. The predicted octanol–water partition coefficient (Wildman–Crippen LogP) is 13.6. The molecule has 0 aliphatic heterocycles. The lowest BCUT2D eigenvalue weighted by Crippen LogP contribution is -2.29. The Morgan fingerprint density at radius 1 is 0.492 bits per heavy atom. The second-order valence-corrected chi connectivity index (χ2v) is 18.3. The van der Waals surface area contributed by atoms with Gasteiger partial charge in [-0.15, -0.1) is 0 Å². The number of rotatable bonds is 47. The number of aliphatic hydroxyl groups is 2. The van der Waals surface area contributed by atoms with Crippen molar-refractivity contribution < 1.29 is 47.8 Å². The van der Waals surface area contributed by atoms with Crippen molar-refractivity contribution in [3.63, 3.8) is 0 Å². The van der Waals surface area contributed by atoms with Crippen molar-refractivity contribution in [3.05, 3.63) is 12.2 Å². The lowest BCUT2D eigenvalue weighted by atomic mass is 10.0. The summed E-state index contributed by atoms with van der Waals surface area (Å²) in [6.45, 7) is 2.42. The number of phosphoric ester groups is 1. The van der Waals surface area contributed by atoms with Crippen LogP contribution < -0.4 is 0 Å². The summed E-state index contributed by atoms with van der Waals surface area (Å²) in [7, 11) is -4.62. The Hall–Kier alpha value is -1.29. The topological polar surface area (TPSA) is 149 Å². The summed E-state index contributed by atoms with van der Waals surface area (Å²) >= 11 is 0. The van der Waals surface area contributed by atoms with E-state index in [0.29, 0.717) is 12.8 Å². The first-order valence-electron chi connectivity index (χ1n) is 24.6. The zero-order chi connectivity index (χ0) is 43.3. The van der Waals surface area contributed by atoms with Crippen LogP contribution in [-0.4, -0.2) is 65.7 Å². The molecular weight excluding hydrogens is 767 g/mol. The molecule has 3 N–H and O–H groups in total. The smallest absolute Gasteiger partial charge is 0.462 e. The SMILES string of the molecule is CCCCCC/C=C/CCCCCCCCCCCC(=O)OC[C@H](COP(=O)(O)OC[C@@H](O)CO)OC(=O)CCCCCCCCCCCCCCCCCCCCC. The van der Waals surface area contributed by atoms with Gasteiger partial charge in [-0.1, -0.05) is 206 Å². The number of hydrogen-bond acceptors (Lipinski definition) is 9.